The Balaban J connectivity index is 2.34. The molecule has 95 valence electrons. The maximum Gasteiger partial charge on any atom is 0.0717 e. The number of aryl methyl sites for hydroxylation is 4. The van der Waals surface area contributed by atoms with Gasteiger partial charge in [0.1, 0.15) is 0 Å². The van der Waals surface area contributed by atoms with Crippen molar-refractivity contribution in [3.05, 3.63) is 58.8 Å². The van der Waals surface area contributed by atoms with Crippen molar-refractivity contribution in [2.45, 2.75) is 27.7 Å². The fourth-order valence-corrected chi connectivity index (χ4v) is 2.73. The molecule has 0 unspecified atom stereocenters. The first-order valence-corrected chi connectivity index (χ1v) is 6.65. The van der Waals surface area contributed by atoms with Crippen LogP contribution in [0.1, 0.15) is 22.3 Å². The number of aromatic amines is 1. The second kappa shape index (κ2) is 4.27. The van der Waals surface area contributed by atoms with Crippen molar-refractivity contribution in [1.82, 2.24) is 4.98 Å². The molecule has 0 saturated carbocycles. The molecule has 3 aromatic rings. The van der Waals surface area contributed by atoms with Crippen molar-refractivity contribution in [3.8, 4) is 11.1 Å². The predicted octanol–water partition coefficient (Wildman–Crippen LogP) is 4.87. The van der Waals surface area contributed by atoms with Crippen LogP contribution in [-0.4, -0.2) is 4.98 Å². The van der Waals surface area contributed by atoms with Crippen LogP contribution in [0.3, 0.4) is 0 Å². The van der Waals surface area contributed by atoms with Crippen molar-refractivity contribution in [1.29, 1.82) is 0 Å². The third-order valence-corrected chi connectivity index (χ3v) is 3.96. The molecule has 3 rings (SSSR count). The molecule has 0 aliphatic carbocycles. The van der Waals surface area contributed by atoms with E-state index in [0.29, 0.717) is 0 Å². The zero-order valence-corrected chi connectivity index (χ0v) is 11.9. The van der Waals surface area contributed by atoms with Crippen LogP contribution in [0.4, 0.5) is 0 Å². The molecule has 19 heavy (non-hydrogen) atoms. The summed E-state index contributed by atoms with van der Waals surface area (Å²) in [6, 6.07) is 10.9. The molecule has 0 aliphatic heterocycles. The SMILES string of the molecule is Cc1cc(C)c(-c2[c][nH]c3cccc(C)c23)cc1C. The molecule has 0 atom stereocenters. The van der Waals surface area contributed by atoms with E-state index in [4.69, 9.17) is 0 Å². The average Bonchev–Trinajstić information content (AvgIpc) is 2.79. The van der Waals surface area contributed by atoms with Crippen molar-refractivity contribution >= 4 is 10.9 Å². The molecule has 1 nitrogen and oxygen atoms in total. The van der Waals surface area contributed by atoms with Gasteiger partial charge >= 0.3 is 0 Å². The molecular weight excluding hydrogens is 230 g/mol. The molecular formula is C18H18N. The van der Waals surface area contributed by atoms with E-state index in [0.717, 1.165) is 5.52 Å². The average molecular weight is 248 g/mol. The van der Waals surface area contributed by atoms with E-state index in [2.05, 4.69) is 69.2 Å². The molecule has 0 spiro atoms. The monoisotopic (exact) mass is 248 g/mol. The fourth-order valence-electron chi connectivity index (χ4n) is 2.73. The minimum Gasteiger partial charge on any atom is -0.353 e. The highest BCUT2D eigenvalue weighted by Gasteiger charge is 2.11. The van der Waals surface area contributed by atoms with Gasteiger partial charge in [0.25, 0.3) is 0 Å². The van der Waals surface area contributed by atoms with Gasteiger partial charge in [-0.1, -0.05) is 24.3 Å². The Bertz CT molecular complexity index is 763. The summed E-state index contributed by atoms with van der Waals surface area (Å²) in [5, 5.41) is 1.29. The Morgan fingerprint density at radius 1 is 0.842 bits per heavy atom. The highest BCUT2D eigenvalue weighted by molar-refractivity contribution is 5.98. The largest absolute Gasteiger partial charge is 0.353 e. The summed E-state index contributed by atoms with van der Waals surface area (Å²) in [6.07, 6.45) is 3.33. The Hall–Kier alpha value is -2.02. The number of hydrogen-bond donors (Lipinski definition) is 1. The zero-order chi connectivity index (χ0) is 13.6. The first-order chi connectivity index (χ1) is 9.08. The molecule has 0 aliphatic rings. The van der Waals surface area contributed by atoms with E-state index < -0.39 is 0 Å². The van der Waals surface area contributed by atoms with Gasteiger partial charge in [0.15, 0.2) is 0 Å². The van der Waals surface area contributed by atoms with Crippen LogP contribution < -0.4 is 0 Å². The molecule has 1 heteroatoms. The zero-order valence-electron chi connectivity index (χ0n) is 11.9. The Labute approximate surface area is 114 Å². The number of benzene rings is 2. The minimum atomic E-state index is 1.16. The van der Waals surface area contributed by atoms with E-state index in [1.165, 1.54) is 38.8 Å². The summed E-state index contributed by atoms with van der Waals surface area (Å²) in [4.78, 5) is 3.26. The smallest absolute Gasteiger partial charge is 0.0717 e. The summed E-state index contributed by atoms with van der Waals surface area (Å²) in [5.74, 6) is 0. The number of H-pyrrole nitrogens is 1. The molecule has 0 amide bonds. The van der Waals surface area contributed by atoms with Gasteiger partial charge in [0.2, 0.25) is 0 Å². The van der Waals surface area contributed by atoms with Crippen LogP contribution >= 0.6 is 0 Å². The maximum atomic E-state index is 3.33. The second-order valence-electron chi connectivity index (χ2n) is 5.37. The highest BCUT2D eigenvalue weighted by atomic mass is 14.7. The molecule has 0 saturated heterocycles. The van der Waals surface area contributed by atoms with E-state index >= 15 is 0 Å². The van der Waals surface area contributed by atoms with Gasteiger partial charge in [-0.05, 0) is 61.6 Å². The van der Waals surface area contributed by atoms with Crippen molar-refractivity contribution in [3.63, 3.8) is 0 Å². The molecule has 0 bridgehead atoms. The third kappa shape index (κ3) is 1.86. The molecule has 1 N–H and O–H groups in total. The van der Waals surface area contributed by atoms with Gasteiger partial charge < -0.3 is 4.98 Å². The summed E-state index contributed by atoms with van der Waals surface area (Å²) in [6.45, 7) is 8.66. The van der Waals surface area contributed by atoms with Crippen LogP contribution in [0.5, 0.6) is 0 Å². The normalized spacial score (nSPS) is 11.2. The van der Waals surface area contributed by atoms with Gasteiger partial charge in [0, 0.05) is 16.5 Å². The van der Waals surface area contributed by atoms with Crippen LogP contribution in [0.25, 0.3) is 22.0 Å². The van der Waals surface area contributed by atoms with E-state index in [-0.39, 0.29) is 0 Å². The van der Waals surface area contributed by atoms with Gasteiger partial charge in [-0.15, -0.1) is 0 Å². The van der Waals surface area contributed by atoms with Crippen LogP contribution in [0, 0.1) is 33.9 Å². The lowest BCUT2D eigenvalue weighted by Gasteiger charge is -2.10. The van der Waals surface area contributed by atoms with Crippen LogP contribution in [-0.2, 0) is 0 Å². The molecule has 1 aromatic heterocycles. The standard InChI is InChI=1S/C18H18N/c1-11-6-5-7-17-18(11)16(10-19-17)15-9-13(3)12(2)8-14(15)4/h5-9,19H,1-4H3. The number of hydrogen-bond acceptors (Lipinski definition) is 0. The van der Waals surface area contributed by atoms with E-state index in [1.807, 2.05) is 0 Å². The Morgan fingerprint density at radius 2 is 1.58 bits per heavy atom. The van der Waals surface area contributed by atoms with Crippen LogP contribution in [0.2, 0.25) is 0 Å². The second-order valence-corrected chi connectivity index (χ2v) is 5.37. The lowest BCUT2D eigenvalue weighted by molar-refractivity contribution is 1.30. The van der Waals surface area contributed by atoms with Gasteiger partial charge in [-0.25, -0.2) is 0 Å². The first kappa shape index (κ1) is 12.0. The molecule has 0 fully saturated rings. The van der Waals surface area contributed by atoms with E-state index in [1.54, 1.807) is 0 Å². The Kier molecular flexibility index (Phi) is 2.70. The summed E-state index contributed by atoms with van der Waals surface area (Å²) in [5.41, 5.74) is 8.91. The molecule has 2 aromatic carbocycles. The van der Waals surface area contributed by atoms with E-state index in [9.17, 15) is 0 Å². The fraction of sp³-hybridized carbons (Fsp3) is 0.222. The summed E-state index contributed by atoms with van der Waals surface area (Å²) in [7, 11) is 0. The molecule has 1 radical (unpaired) electrons. The van der Waals surface area contributed by atoms with Crippen LogP contribution in [0.15, 0.2) is 30.3 Å². The van der Waals surface area contributed by atoms with Gasteiger partial charge in [-0.3, -0.25) is 0 Å². The number of aromatic nitrogens is 1. The first-order valence-electron chi connectivity index (χ1n) is 6.65. The summed E-state index contributed by atoms with van der Waals surface area (Å²) < 4.78 is 0. The predicted molar refractivity (Wildman–Crippen MR) is 81.5 cm³/mol. The quantitative estimate of drug-likeness (QED) is 0.632. The lowest BCUT2D eigenvalue weighted by Crippen LogP contribution is -1.88. The lowest BCUT2D eigenvalue weighted by atomic mass is 9.94. The topological polar surface area (TPSA) is 15.8 Å². The highest BCUT2D eigenvalue weighted by Crippen LogP contribution is 2.33. The number of rotatable bonds is 1. The van der Waals surface area contributed by atoms with Crippen molar-refractivity contribution in [2.24, 2.45) is 0 Å². The van der Waals surface area contributed by atoms with Gasteiger partial charge in [-0.2, -0.15) is 0 Å². The summed E-state index contributed by atoms with van der Waals surface area (Å²) >= 11 is 0. The molecule has 1 heterocycles. The van der Waals surface area contributed by atoms with Gasteiger partial charge in [0.05, 0.1) is 6.20 Å². The number of fused-ring (bicyclic) bond motifs is 1. The van der Waals surface area contributed by atoms with Crippen molar-refractivity contribution < 1.29 is 0 Å². The minimum absolute atomic E-state index is 1.16. The Morgan fingerprint density at radius 3 is 2.37 bits per heavy atom. The van der Waals surface area contributed by atoms with Crippen molar-refractivity contribution in [2.75, 3.05) is 0 Å². The maximum absolute atomic E-state index is 3.33. The number of nitrogens with one attached hydrogen (secondary N) is 1. The third-order valence-electron chi connectivity index (χ3n) is 3.96.